The summed E-state index contributed by atoms with van der Waals surface area (Å²) in [6.45, 7) is 2.14. The molecule has 0 saturated heterocycles. The molecule has 18 heavy (non-hydrogen) atoms. The standard InChI is InChI=1S/C13H23NO4/c1-10-5-7-13(9-15,8-6-10)14-11(16)3-2-4-12(17)18/h10,15H,2-9H2,1H3,(H,14,16)(H,17,18). The minimum absolute atomic E-state index is 0.0105. The first-order valence-corrected chi connectivity index (χ1v) is 6.61. The average Bonchev–Trinajstić information content (AvgIpc) is 2.32. The third-order valence-corrected chi connectivity index (χ3v) is 3.73. The van der Waals surface area contributed by atoms with E-state index < -0.39 is 11.5 Å². The third-order valence-electron chi connectivity index (χ3n) is 3.73. The molecule has 3 N–H and O–H groups in total. The maximum atomic E-state index is 11.7. The lowest BCUT2D eigenvalue weighted by molar-refractivity contribution is -0.137. The van der Waals surface area contributed by atoms with Crippen molar-refractivity contribution in [3.05, 3.63) is 0 Å². The lowest BCUT2D eigenvalue weighted by atomic mass is 9.77. The number of carbonyl (C=O) groups is 2. The number of aliphatic carboxylic acids is 1. The largest absolute Gasteiger partial charge is 0.481 e. The van der Waals surface area contributed by atoms with Gasteiger partial charge in [0.1, 0.15) is 0 Å². The van der Waals surface area contributed by atoms with Gasteiger partial charge < -0.3 is 15.5 Å². The first kappa shape index (κ1) is 15.0. The molecule has 5 heteroatoms. The molecule has 104 valence electrons. The summed E-state index contributed by atoms with van der Waals surface area (Å²) in [5.74, 6) is -0.389. The number of amides is 1. The van der Waals surface area contributed by atoms with E-state index in [-0.39, 0.29) is 25.4 Å². The summed E-state index contributed by atoms with van der Waals surface area (Å²) in [5.41, 5.74) is -0.479. The van der Waals surface area contributed by atoms with Crippen LogP contribution in [-0.2, 0) is 9.59 Å². The highest BCUT2D eigenvalue weighted by molar-refractivity contribution is 5.77. The van der Waals surface area contributed by atoms with Gasteiger partial charge in [-0.1, -0.05) is 6.92 Å². The van der Waals surface area contributed by atoms with Crippen LogP contribution in [0.15, 0.2) is 0 Å². The van der Waals surface area contributed by atoms with Gasteiger partial charge in [-0.05, 0) is 38.0 Å². The number of aliphatic hydroxyl groups is 1. The molecule has 0 aliphatic heterocycles. The molecule has 1 amide bonds. The fourth-order valence-electron chi connectivity index (χ4n) is 2.40. The average molecular weight is 257 g/mol. The van der Waals surface area contributed by atoms with E-state index in [1.807, 2.05) is 0 Å². The van der Waals surface area contributed by atoms with Gasteiger partial charge in [-0.15, -0.1) is 0 Å². The van der Waals surface area contributed by atoms with Gasteiger partial charge in [-0.3, -0.25) is 9.59 Å². The second-order valence-electron chi connectivity index (χ2n) is 5.42. The van der Waals surface area contributed by atoms with E-state index in [1.54, 1.807) is 0 Å². The SMILES string of the molecule is CC1CCC(CO)(NC(=O)CCCC(=O)O)CC1. The molecule has 5 nitrogen and oxygen atoms in total. The molecule has 0 bridgehead atoms. The van der Waals surface area contributed by atoms with E-state index in [9.17, 15) is 14.7 Å². The van der Waals surface area contributed by atoms with Gasteiger partial charge in [0, 0.05) is 12.8 Å². The van der Waals surface area contributed by atoms with Crippen molar-refractivity contribution in [2.45, 2.75) is 57.4 Å². The summed E-state index contributed by atoms with van der Waals surface area (Å²) in [4.78, 5) is 22.1. The fourth-order valence-corrected chi connectivity index (χ4v) is 2.40. The molecule has 0 aromatic rings. The fraction of sp³-hybridized carbons (Fsp3) is 0.846. The first-order valence-electron chi connectivity index (χ1n) is 6.61. The number of carbonyl (C=O) groups excluding carboxylic acids is 1. The predicted octanol–water partition coefficient (Wildman–Crippen LogP) is 1.30. The van der Waals surface area contributed by atoms with E-state index >= 15 is 0 Å². The molecule has 0 atom stereocenters. The summed E-state index contributed by atoms with van der Waals surface area (Å²) in [6.07, 6.45) is 4.19. The van der Waals surface area contributed by atoms with Crippen LogP contribution in [0.2, 0.25) is 0 Å². The molecular formula is C13H23NO4. The van der Waals surface area contributed by atoms with Crippen LogP contribution in [-0.4, -0.2) is 34.2 Å². The maximum Gasteiger partial charge on any atom is 0.303 e. The molecule has 0 unspecified atom stereocenters. The van der Waals surface area contributed by atoms with Crippen LogP contribution in [0.1, 0.15) is 51.9 Å². The highest BCUT2D eigenvalue weighted by atomic mass is 16.4. The zero-order valence-corrected chi connectivity index (χ0v) is 10.9. The predicted molar refractivity (Wildman–Crippen MR) is 67.1 cm³/mol. The number of hydrogen-bond acceptors (Lipinski definition) is 3. The summed E-state index contributed by atoms with van der Waals surface area (Å²) in [6, 6.07) is 0. The number of rotatable bonds is 6. The molecule has 0 heterocycles. The van der Waals surface area contributed by atoms with E-state index in [4.69, 9.17) is 5.11 Å². The van der Waals surface area contributed by atoms with Gasteiger partial charge in [0.15, 0.2) is 0 Å². The van der Waals surface area contributed by atoms with Crippen LogP contribution in [0.5, 0.6) is 0 Å². The Morgan fingerprint density at radius 2 is 1.89 bits per heavy atom. The van der Waals surface area contributed by atoms with Gasteiger partial charge in [0.25, 0.3) is 0 Å². The molecule has 1 rings (SSSR count). The van der Waals surface area contributed by atoms with Gasteiger partial charge in [-0.25, -0.2) is 0 Å². The smallest absolute Gasteiger partial charge is 0.303 e. The second-order valence-corrected chi connectivity index (χ2v) is 5.42. The van der Waals surface area contributed by atoms with Crippen LogP contribution in [0.4, 0.5) is 0 Å². The van der Waals surface area contributed by atoms with Gasteiger partial charge >= 0.3 is 5.97 Å². The molecule has 1 saturated carbocycles. The van der Waals surface area contributed by atoms with E-state index in [1.165, 1.54) is 0 Å². The summed E-state index contributed by atoms with van der Waals surface area (Å²) < 4.78 is 0. The minimum atomic E-state index is -0.883. The Balaban J connectivity index is 2.38. The van der Waals surface area contributed by atoms with Crippen LogP contribution >= 0.6 is 0 Å². The maximum absolute atomic E-state index is 11.7. The topological polar surface area (TPSA) is 86.6 Å². The Morgan fingerprint density at radius 3 is 2.39 bits per heavy atom. The van der Waals surface area contributed by atoms with Gasteiger partial charge in [-0.2, -0.15) is 0 Å². The van der Waals surface area contributed by atoms with Crippen molar-refractivity contribution >= 4 is 11.9 Å². The highest BCUT2D eigenvalue weighted by Crippen LogP contribution is 2.31. The van der Waals surface area contributed by atoms with Crippen molar-refractivity contribution in [1.29, 1.82) is 0 Å². The van der Waals surface area contributed by atoms with Crippen LogP contribution in [0.25, 0.3) is 0 Å². The Bertz CT molecular complexity index is 295. The zero-order chi connectivity index (χ0) is 13.6. The second kappa shape index (κ2) is 6.73. The number of hydrogen-bond donors (Lipinski definition) is 3. The number of carboxylic acid groups (broad SMARTS) is 1. The molecule has 0 radical (unpaired) electrons. The highest BCUT2D eigenvalue weighted by Gasteiger charge is 2.34. The van der Waals surface area contributed by atoms with Crippen molar-refractivity contribution < 1.29 is 19.8 Å². The molecular weight excluding hydrogens is 234 g/mol. The summed E-state index contributed by atoms with van der Waals surface area (Å²) >= 11 is 0. The Morgan fingerprint density at radius 1 is 1.28 bits per heavy atom. The van der Waals surface area contributed by atoms with Crippen LogP contribution in [0.3, 0.4) is 0 Å². The van der Waals surface area contributed by atoms with Crippen molar-refractivity contribution in [2.24, 2.45) is 5.92 Å². The van der Waals surface area contributed by atoms with Crippen LogP contribution in [0, 0.1) is 5.92 Å². The Kier molecular flexibility index (Phi) is 5.59. The minimum Gasteiger partial charge on any atom is -0.481 e. The number of carboxylic acids is 1. The molecule has 1 aliphatic rings. The van der Waals surface area contributed by atoms with E-state index in [0.717, 1.165) is 25.7 Å². The number of nitrogens with one attached hydrogen (secondary N) is 1. The van der Waals surface area contributed by atoms with Crippen molar-refractivity contribution in [3.8, 4) is 0 Å². The Labute approximate surface area is 108 Å². The molecule has 0 spiro atoms. The third kappa shape index (κ3) is 4.64. The summed E-state index contributed by atoms with van der Waals surface area (Å²) in [5, 5.41) is 20.9. The summed E-state index contributed by atoms with van der Waals surface area (Å²) in [7, 11) is 0. The quantitative estimate of drug-likeness (QED) is 0.669. The lowest BCUT2D eigenvalue weighted by Crippen LogP contribution is -2.53. The van der Waals surface area contributed by atoms with E-state index in [2.05, 4.69) is 12.2 Å². The zero-order valence-electron chi connectivity index (χ0n) is 10.9. The monoisotopic (exact) mass is 257 g/mol. The van der Waals surface area contributed by atoms with Gasteiger partial charge in [0.05, 0.1) is 12.1 Å². The van der Waals surface area contributed by atoms with Crippen molar-refractivity contribution in [1.82, 2.24) is 5.32 Å². The lowest BCUT2D eigenvalue weighted by Gasteiger charge is -2.38. The van der Waals surface area contributed by atoms with Gasteiger partial charge in [0.2, 0.25) is 5.91 Å². The van der Waals surface area contributed by atoms with Crippen LogP contribution < -0.4 is 5.32 Å². The molecule has 1 aliphatic carbocycles. The molecule has 0 aromatic carbocycles. The first-order chi connectivity index (χ1) is 8.47. The molecule has 0 aromatic heterocycles. The van der Waals surface area contributed by atoms with E-state index in [0.29, 0.717) is 12.3 Å². The molecule has 1 fully saturated rings. The van der Waals surface area contributed by atoms with Crippen molar-refractivity contribution in [2.75, 3.05) is 6.61 Å². The Hall–Kier alpha value is -1.10. The van der Waals surface area contributed by atoms with Crippen molar-refractivity contribution in [3.63, 3.8) is 0 Å². The number of aliphatic hydroxyl groups excluding tert-OH is 1. The normalized spacial score (nSPS) is 27.8.